The van der Waals surface area contributed by atoms with Crippen molar-refractivity contribution >= 4 is 28.3 Å². The summed E-state index contributed by atoms with van der Waals surface area (Å²) >= 11 is 3.41. The topological polar surface area (TPSA) is 26.0 Å². The molecule has 0 amide bonds. The second-order valence-corrected chi connectivity index (χ2v) is 4.58. The van der Waals surface area contributed by atoms with Gasteiger partial charge in [-0.05, 0) is 37.0 Å². The number of benzene rings is 1. The summed E-state index contributed by atoms with van der Waals surface area (Å²) in [6.45, 7) is 0. The summed E-state index contributed by atoms with van der Waals surface area (Å²) in [5.74, 6) is 0. The lowest BCUT2D eigenvalue weighted by molar-refractivity contribution is 0.672. The number of halogens is 2. The van der Waals surface area contributed by atoms with Gasteiger partial charge >= 0.3 is 0 Å². The molecule has 3 heteroatoms. The average molecular weight is 263 g/mol. The molecule has 0 heterocycles. The van der Waals surface area contributed by atoms with Gasteiger partial charge in [0.2, 0.25) is 0 Å². The van der Waals surface area contributed by atoms with Crippen LogP contribution in [0.2, 0.25) is 0 Å². The van der Waals surface area contributed by atoms with Crippen LogP contribution in [0.25, 0.3) is 0 Å². The predicted octanol–water partition coefficient (Wildman–Crippen LogP) is 2.90. The molecule has 1 aromatic rings. The van der Waals surface area contributed by atoms with Gasteiger partial charge in [-0.1, -0.05) is 28.1 Å². The lowest BCUT2D eigenvalue weighted by Gasteiger charge is -2.07. The van der Waals surface area contributed by atoms with E-state index in [1.807, 2.05) is 0 Å². The Labute approximate surface area is 93.2 Å². The van der Waals surface area contributed by atoms with Gasteiger partial charge in [-0.3, -0.25) is 0 Å². The Morgan fingerprint density at radius 2 is 1.77 bits per heavy atom. The van der Waals surface area contributed by atoms with Crippen molar-refractivity contribution in [3.05, 3.63) is 34.3 Å². The quantitative estimate of drug-likeness (QED) is 0.871. The first-order chi connectivity index (χ1) is 5.68. The molecule has 0 radical (unpaired) electrons. The van der Waals surface area contributed by atoms with Gasteiger partial charge in [0.05, 0.1) is 0 Å². The largest absolute Gasteiger partial charge is 0.325 e. The van der Waals surface area contributed by atoms with Gasteiger partial charge < -0.3 is 5.73 Å². The summed E-state index contributed by atoms with van der Waals surface area (Å²) < 4.78 is 1.13. The average Bonchev–Trinajstić information content (AvgIpc) is 2.74. The van der Waals surface area contributed by atoms with E-state index in [0.29, 0.717) is 0 Å². The summed E-state index contributed by atoms with van der Waals surface area (Å²) in [6.07, 6.45) is 3.40. The smallest absolute Gasteiger partial charge is 0.0196 e. The summed E-state index contributed by atoms with van der Waals surface area (Å²) in [4.78, 5) is 0. The molecule has 1 nitrogen and oxygen atoms in total. The summed E-state index contributed by atoms with van der Waals surface area (Å²) in [7, 11) is 0. The van der Waals surface area contributed by atoms with Gasteiger partial charge in [0.25, 0.3) is 0 Å². The van der Waals surface area contributed by atoms with E-state index >= 15 is 0 Å². The van der Waals surface area contributed by atoms with Crippen LogP contribution in [0.1, 0.15) is 18.4 Å². The predicted molar refractivity (Wildman–Crippen MR) is 61.2 cm³/mol. The van der Waals surface area contributed by atoms with Crippen molar-refractivity contribution in [2.75, 3.05) is 0 Å². The molecule has 2 rings (SSSR count). The zero-order valence-corrected chi connectivity index (χ0v) is 9.70. The highest BCUT2D eigenvalue weighted by Gasteiger charge is 2.37. The van der Waals surface area contributed by atoms with E-state index in [-0.39, 0.29) is 17.9 Å². The third-order valence-corrected chi connectivity index (χ3v) is 2.89. The van der Waals surface area contributed by atoms with Crippen molar-refractivity contribution in [1.82, 2.24) is 0 Å². The monoisotopic (exact) mass is 261 g/mol. The molecular formula is C10H13BrClN. The highest BCUT2D eigenvalue weighted by molar-refractivity contribution is 9.10. The van der Waals surface area contributed by atoms with E-state index in [1.54, 1.807) is 0 Å². The lowest BCUT2D eigenvalue weighted by Crippen LogP contribution is -2.24. The van der Waals surface area contributed by atoms with Crippen molar-refractivity contribution < 1.29 is 0 Å². The van der Waals surface area contributed by atoms with E-state index in [4.69, 9.17) is 5.73 Å². The number of hydrogen-bond acceptors (Lipinski definition) is 1. The Kier molecular flexibility index (Phi) is 3.38. The van der Waals surface area contributed by atoms with Crippen LogP contribution in [0.4, 0.5) is 0 Å². The highest BCUT2D eigenvalue weighted by atomic mass is 79.9. The van der Waals surface area contributed by atoms with E-state index in [0.717, 1.165) is 10.9 Å². The number of rotatable bonds is 2. The maximum absolute atomic E-state index is 6.00. The summed E-state index contributed by atoms with van der Waals surface area (Å²) in [6, 6.07) is 8.41. The zero-order chi connectivity index (χ0) is 8.60. The van der Waals surface area contributed by atoms with Gasteiger partial charge in [0, 0.05) is 10.0 Å². The highest BCUT2D eigenvalue weighted by Crippen LogP contribution is 2.35. The Morgan fingerprint density at radius 1 is 1.23 bits per heavy atom. The molecule has 0 saturated heterocycles. The van der Waals surface area contributed by atoms with Crippen LogP contribution in [0.5, 0.6) is 0 Å². The van der Waals surface area contributed by atoms with Crippen LogP contribution in [0, 0.1) is 0 Å². The maximum Gasteiger partial charge on any atom is 0.0196 e. The zero-order valence-electron chi connectivity index (χ0n) is 7.29. The van der Waals surface area contributed by atoms with Crippen molar-refractivity contribution in [1.29, 1.82) is 0 Å². The molecule has 0 atom stereocenters. The molecule has 0 bridgehead atoms. The van der Waals surface area contributed by atoms with Crippen molar-refractivity contribution in [3.63, 3.8) is 0 Å². The fourth-order valence-electron chi connectivity index (χ4n) is 1.35. The number of hydrogen-bond donors (Lipinski definition) is 1. The molecule has 0 aromatic heterocycles. The van der Waals surface area contributed by atoms with Crippen LogP contribution in [-0.2, 0) is 6.42 Å². The van der Waals surface area contributed by atoms with Gasteiger partial charge in [-0.25, -0.2) is 0 Å². The van der Waals surface area contributed by atoms with Crippen LogP contribution in [0.15, 0.2) is 28.7 Å². The van der Waals surface area contributed by atoms with Crippen molar-refractivity contribution in [3.8, 4) is 0 Å². The third-order valence-electron chi connectivity index (χ3n) is 2.36. The molecule has 0 unspecified atom stereocenters. The second-order valence-electron chi connectivity index (χ2n) is 3.67. The van der Waals surface area contributed by atoms with Crippen LogP contribution in [0.3, 0.4) is 0 Å². The van der Waals surface area contributed by atoms with Gasteiger partial charge in [0.1, 0.15) is 0 Å². The summed E-state index contributed by atoms with van der Waals surface area (Å²) in [5.41, 5.74) is 7.48. The first-order valence-corrected chi connectivity index (χ1v) is 5.01. The van der Waals surface area contributed by atoms with E-state index < -0.39 is 0 Å². The molecule has 1 saturated carbocycles. The molecule has 13 heavy (non-hydrogen) atoms. The minimum Gasteiger partial charge on any atom is -0.325 e. The van der Waals surface area contributed by atoms with E-state index in [1.165, 1.54) is 18.4 Å². The van der Waals surface area contributed by atoms with E-state index in [2.05, 4.69) is 40.2 Å². The van der Waals surface area contributed by atoms with Gasteiger partial charge in [-0.15, -0.1) is 12.4 Å². The molecule has 1 fully saturated rings. The third kappa shape index (κ3) is 2.97. The van der Waals surface area contributed by atoms with Gasteiger partial charge in [0.15, 0.2) is 0 Å². The molecular weight excluding hydrogens is 249 g/mol. The molecule has 1 aromatic carbocycles. The number of nitrogens with two attached hydrogens (primary N) is 1. The first-order valence-electron chi connectivity index (χ1n) is 4.21. The molecule has 2 N–H and O–H groups in total. The fourth-order valence-corrected chi connectivity index (χ4v) is 1.61. The van der Waals surface area contributed by atoms with Crippen molar-refractivity contribution in [2.24, 2.45) is 5.73 Å². The van der Waals surface area contributed by atoms with Crippen LogP contribution < -0.4 is 5.73 Å². The molecule has 0 aliphatic heterocycles. The SMILES string of the molecule is Cl.NC1(Cc2ccc(Br)cc2)CC1. The molecule has 1 aliphatic rings. The Hall–Kier alpha value is -0.0500. The Balaban J connectivity index is 0.000000845. The van der Waals surface area contributed by atoms with Crippen molar-refractivity contribution in [2.45, 2.75) is 24.8 Å². The molecule has 0 spiro atoms. The van der Waals surface area contributed by atoms with E-state index in [9.17, 15) is 0 Å². The standard InChI is InChI=1S/C10H12BrN.ClH/c11-9-3-1-8(2-4-9)7-10(12)5-6-10;/h1-4H,5-7,12H2;1H. The Bertz CT molecular complexity index is 279. The molecule has 72 valence electrons. The van der Waals surface area contributed by atoms with Crippen LogP contribution >= 0.6 is 28.3 Å². The Morgan fingerprint density at radius 3 is 2.23 bits per heavy atom. The van der Waals surface area contributed by atoms with Crippen LogP contribution in [-0.4, -0.2) is 5.54 Å². The minimum absolute atomic E-state index is 0. The summed E-state index contributed by atoms with van der Waals surface area (Å²) in [5, 5.41) is 0. The minimum atomic E-state index is 0. The lowest BCUT2D eigenvalue weighted by atomic mass is 10.1. The first kappa shape index (κ1) is 11.0. The normalized spacial score (nSPS) is 17.7. The van der Waals surface area contributed by atoms with Gasteiger partial charge in [-0.2, -0.15) is 0 Å². The maximum atomic E-state index is 6.00. The second kappa shape index (κ2) is 3.99. The fraction of sp³-hybridized carbons (Fsp3) is 0.400. The molecule has 1 aliphatic carbocycles.